The van der Waals surface area contributed by atoms with E-state index < -0.39 is 12.1 Å². The Labute approximate surface area is 148 Å². The zero-order valence-corrected chi connectivity index (χ0v) is 13.9. The van der Waals surface area contributed by atoms with Crippen LogP contribution < -0.4 is 10.2 Å². The monoisotopic (exact) mass is 361 g/mol. The fraction of sp³-hybridized carbons (Fsp3) is 0.333. The summed E-state index contributed by atoms with van der Waals surface area (Å²) in [6.45, 7) is 0.730. The summed E-state index contributed by atoms with van der Waals surface area (Å²) in [5, 5.41) is 11.2. The number of anilines is 3. The van der Waals surface area contributed by atoms with Crippen molar-refractivity contribution in [2.24, 2.45) is 5.92 Å². The van der Waals surface area contributed by atoms with E-state index in [9.17, 15) is 13.2 Å². The van der Waals surface area contributed by atoms with Gasteiger partial charge in [-0.25, -0.2) is 4.98 Å². The van der Waals surface area contributed by atoms with Gasteiger partial charge in [0, 0.05) is 30.4 Å². The van der Waals surface area contributed by atoms with Crippen LogP contribution in [-0.2, 0) is 0 Å². The van der Waals surface area contributed by atoms with E-state index in [1.807, 2.05) is 29.2 Å². The molecule has 2 N–H and O–H groups in total. The minimum absolute atomic E-state index is 0.109. The van der Waals surface area contributed by atoms with Crippen molar-refractivity contribution in [2.45, 2.75) is 19.0 Å². The number of halogens is 3. The Morgan fingerprint density at radius 3 is 2.73 bits per heavy atom. The lowest BCUT2D eigenvalue weighted by atomic mass is 9.96. The smallest absolute Gasteiger partial charge is 0.369 e. The standard InChI is InChI=1S/C18H18F3N5/c19-18(20,21)13-5-8-26(9-6-13)16-2-1-7-22-17(16)24-14-4-3-12-11-23-25-15(12)10-14/h1-4,7,10-11,13H,5-6,8-9H2,(H,22,24)(H,23,25). The molecule has 0 unspecified atom stereocenters. The molecule has 0 bridgehead atoms. The zero-order chi connectivity index (χ0) is 18.1. The van der Waals surface area contributed by atoms with Gasteiger partial charge in [0.25, 0.3) is 0 Å². The fourth-order valence-corrected chi connectivity index (χ4v) is 3.35. The number of H-pyrrole nitrogens is 1. The summed E-state index contributed by atoms with van der Waals surface area (Å²) in [6, 6.07) is 9.48. The lowest BCUT2D eigenvalue weighted by Gasteiger charge is -2.35. The fourth-order valence-electron chi connectivity index (χ4n) is 3.35. The van der Waals surface area contributed by atoms with E-state index in [0.717, 1.165) is 22.3 Å². The first-order valence-electron chi connectivity index (χ1n) is 8.47. The van der Waals surface area contributed by atoms with Gasteiger partial charge in [-0.2, -0.15) is 18.3 Å². The summed E-state index contributed by atoms with van der Waals surface area (Å²) in [5.74, 6) is -0.577. The Bertz CT molecular complexity index is 897. The minimum atomic E-state index is -4.11. The number of aromatic nitrogens is 3. The highest BCUT2D eigenvalue weighted by Gasteiger charge is 2.41. The predicted octanol–water partition coefficient (Wildman–Crippen LogP) is 4.48. The lowest BCUT2D eigenvalue weighted by Crippen LogP contribution is -2.39. The number of alkyl halides is 3. The number of nitrogens with one attached hydrogen (secondary N) is 2. The van der Waals surface area contributed by atoms with Crippen molar-refractivity contribution in [3.05, 3.63) is 42.7 Å². The Hall–Kier alpha value is -2.77. The molecule has 0 spiro atoms. The molecule has 1 fully saturated rings. The van der Waals surface area contributed by atoms with Crippen molar-refractivity contribution in [1.82, 2.24) is 15.2 Å². The molecule has 1 aliphatic rings. The molecule has 0 radical (unpaired) electrons. The van der Waals surface area contributed by atoms with Crippen LogP contribution in [0, 0.1) is 5.92 Å². The van der Waals surface area contributed by atoms with Gasteiger partial charge < -0.3 is 10.2 Å². The van der Waals surface area contributed by atoms with E-state index in [2.05, 4.69) is 20.5 Å². The molecule has 2 aromatic heterocycles. The molecule has 1 aromatic carbocycles. The number of aromatic amines is 1. The van der Waals surface area contributed by atoms with Gasteiger partial charge in [-0.15, -0.1) is 0 Å². The number of hydrogen-bond donors (Lipinski definition) is 2. The maximum atomic E-state index is 12.9. The highest BCUT2D eigenvalue weighted by atomic mass is 19.4. The third-order valence-electron chi connectivity index (χ3n) is 4.79. The average Bonchev–Trinajstić information content (AvgIpc) is 3.09. The van der Waals surface area contributed by atoms with Crippen LogP contribution in [0.4, 0.5) is 30.4 Å². The quantitative estimate of drug-likeness (QED) is 0.722. The maximum Gasteiger partial charge on any atom is 0.391 e. The van der Waals surface area contributed by atoms with Gasteiger partial charge in [-0.1, -0.05) is 0 Å². The van der Waals surface area contributed by atoms with Crippen LogP contribution in [0.25, 0.3) is 10.9 Å². The van der Waals surface area contributed by atoms with Gasteiger partial charge in [0.05, 0.1) is 23.3 Å². The zero-order valence-electron chi connectivity index (χ0n) is 13.9. The molecule has 26 heavy (non-hydrogen) atoms. The number of benzene rings is 1. The van der Waals surface area contributed by atoms with Crippen molar-refractivity contribution in [3.8, 4) is 0 Å². The summed E-state index contributed by atoms with van der Waals surface area (Å²) < 4.78 is 38.7. The Morgan fingerprint density at radius 2 is 1.96 bits per heavy atom. The van der Waals surface area contributed by atoms with Crippen LogP contribution in [0.1, 0.15) is 12.8 Å². The summed E-state index contributed by atoms with van der Waals surface area (Å²) in [6.07, 6.45) is -0.476. The van der Waals surface area contributed by atoms with Crippen LogP contribution in [0.15, 0.2) is 42.7 Å². The number of fused-ring (bicyclic) bond motifs is 1. The molecule has 1 saturated heterocycles. The Balaban J connectivity index is 1.53. The van der Waals surface area contributed by atoms with Gasteiger partial charge in [0.15, 0.2) is 5.82 Å². The number of nitrogens with zero attached hydrogens (tertiary/aromatic N) is 3. The number of hydrogen-bond acceptors (Lipinski definition) is 4. The van der Waals surface area contributed by atoms with Crippen LogP contribution in [0.2, 0.25) is 0 Å². The van der Waals surface area contributed by atoms with Crippen LogP contribution in [0.5, 0.6) is 0 Å². The van der Waals surface area contributed by atoms with Crippen molar-refractivity contribution < 1.29 is 13.2 Å². The first kappa shape index (κ1) is 16.7. The Kier molecular flexibility index (Phi) is 4.18. The van der Waals surface area contributed by atoms with Crippen molar-refractivity contribution >= 4 is 28.1 Å². The first-order chi connectivity index (χ1) is 12.5. The molecule has 0 aliphatic carbocycles. The molecule has 3 aromatic rings. The number of piperidine rings is 1. The lowest BCUT2D eigenvalue weighted by molar-refractivity contribution is -0.179. The minimum Gasteiger partial charge on any atom is -0.369 e. The second kappa shape index (κ2) is 6.51. The van der Waals surface area contributed by atoms with E-state index in [-0.39, 0.29) is 12.8 Å². The first-order valence-corrected chi connectivity index (χ1v) is 8.47. The van der Waals surface area contributed by atoms with Crippen molar-refractivity contribution in [1.29, 1.82) is 0 Å². The SMILES string of the molecule is FC(F)(F)C1CCN(c2cccnc2Nc2ccc3cn[nH]c3c2)CC1. The normalized spacial score (nSPS) is 16.2. The van der Waals surface area contributed by atoms with Crippen LogP contribution in [0.3, 0.4) is 0 Å². The Morgan fingerprint density at radius 1 is 1.15 bits per heavy atom. The van der Waals surface area contributed by atoms with E-state index >= 15 is 0 Å². The van der Waals surface area contributed by atoms with Crippen LogP contribution in [-0.4, -0.2) is 34.4 Å². The highest BCUT2D eigenvalue weighted by Crippen LogP contribution is 2.37. The number of pyridine rings is 1. The molecule has 0 amide bonds. The van der Waals surface area contributed by atoms with E-state index in [4.69, 9.17) is 0 Å². The second-order valence-electron chi connectivity index (χ2n) is 6.47. The number of rotatable bonds is 3. The second-order valence-corrected chi connectivity index (χ2v) is 6.47. The summed E-state index contributed by atoms with van der Waals surface area (Å²) in [7, 11) is 0. The van der Waals surface area contributed by atoms with Gasteiger partial charge in [-0.05, 0) is 43.2 Å². The molecule has 4 rings (SSSR count). The molecule has 0 atom stereocenters. The van der Waals surface area contributed by atoms with E-state index in [1.54, 1.807) is 18.5 Å². The summed E-state index contributed by atoms with van der Waals surface area (Å²) in [5.41, 5.74) is 2.56. The third kappa shape index (κ3) is 3.31. The van der Waals surface area contributed by atoms with Gasteiger partial charge >= 0.3 is 6.18 Å². The molecule has 5 nitrogen and oxygen atoms in total. The molecule has 0 saturated carbocycles. The molecule has 8 heteroatoms. The molecule has 3 heterocycles. The topological polar surface area (TPSA) is 56.8 Å². The average molecular weight is 361 g/mol. The van der Waals surface area contributed by atoms with Crippen molar-refractivity contribution in [2.75, 3.05) is 23.3 Å². The van der Waals surface area contributed by atoms with Gasteiger partial charge in [0.1, 0.15) is 0 Å². The van der Waals surface area contributed by atoms with Crippen molar-refractivity contribution in [3.63, 3.8) is 0 Å². The van der Waals surface area contributed by atoms with E-state index in [1.165, 1.54) is 0 Å². The predicted molar refractivity (Wildman–Crippen MR) is 94.6 cm³/mol. The largest absolute Gasteiger partial charge is 0.391 e. The molecule has 1 aliphatic heterocycles. The maximum absolute atomic E-state index is 12.9. The van der Waals surface area contributed by atoms with Crippen LogP contribution >= 0.6 is 0 Å². The van der Waals surface area contributed by atoms with E-state index in [0.29, 0.717) is 18.9 Å². The summed E-state index contributed by atoms with van der Waals surface area (Å²) in [4.78, 5) is 6.35. The van der Waals surface area contributed by atoms with Gasteiger partial charge in [-0.3, -0.25) is 5.10 Å². The molecule has 136 valence electrons. The highest BCUT2D eigenvalue weighted by molar-refractivity contribution is 5.83. The third-order valence-corrected chi connectivity index (χ3v) is 4.79. The summed E-state index contributed by atoms with van der Waals surface area (Å²) >= 11 is 0. The molecular formula is C18H18F3N5. The van der Waals surface area contributed by atoms with Gasteiger partial charge in [0.2, 0.25) is 0 Å². The molecular weight excluding hydrogens is 343 g/mol.